The van der Waals surface area contributed by atoms with Crippen molar-refractivity contribution in [3.63, 3.8) is 0 Å². The molecule has 8 heteroatoms. The summed E-state index contributed by atoms with van der Waals surface area (Å²) >= 11 is 0. The van der Waals surface area contributed by atoms with E-state index in [0.717, 1.165) is 36.6 Å². The molecule has 1 aliphatic carbocycles. The van der Waals surface area contributed by atoms with Crippen LogP contribution in [0.25, 0.3) is 10.9 Å². The number of carbonyl (C=O) groups excluding carboxylic acids is 1. The number of fused-ring (bicyclic) bond motifs is 1. The van der Waals surface area contributed by atoms with Crippen molar-refractivity contribution in [2.45, 2.75) is 64.0 Å². The monoisotopic (exact) mass is 438 g/mol. The number of rotatable bonds is 5. The number of hydrogen-bond donors (Lipinski definition) is 2. The van der Waals surface area contributed by atoms with Gasteiger partial charge in [-0.25, -0.2) is 0 Å². The van der Waals surface area contributed by atoms with E-state index in [9.17, 15) is 15.1 Å². The molecule has 2 heterocycles. The summed E-state index contributed by atoms with van der Waals surface area (Å²) in [7, 11) is 1.53. The average molecular weight is 439 g/mol. The first-order chi connectivity index (χ1) is 15.2. The van der Waals surface area contributed by atoms with Gasteiger partial charge in [-0.05, 0) is 44.7 Å². The Morgan fingerprint density at radius 1 is 1.34 bits per heavy atom. The second-order valence-corrected chi connectivity index (χ2v) is 9.19. The molecule has 0 bridgehead atoms. The molecule has 1 aromatic carbocycles. The van der Waals surface area contributed by atoms with Gasteiger partial charge in [0.15, 0.2) is 5.69 Å². The number of ether oxygens (including phenoxy) is 1. The number of pyridine rings is 1. The zero-order valence-electron chi connectivity index (χ0n) is 19.0. The van der Waals surface area contributed by atoms with E-state index in [1.807, 2.05) is 37.7 Å². The van der Waals surface area contributed by atoms with E-state index in [4.69, 9.17) is 9.84 Å². The second kappa shape index (κ2) is 8.43. The molecular formula is C24H30N4O4. The van der Waals surface area contributed by atoms with Crippen LogP contribution in [-0.4, -0.2) is 33.5 Å². The third-order valence-corrected chi connectivity index (χ3v) is 6.30. The molecule has 32 heavy (non-hydrogen) atoms. The number of hydrogen-bond acceptors (Lipinski definition) is 5. The number of methoxy groups -OCH3 is 1. The number of nitrogens with zero attached hydrogens (tertiary/aromatic N) is 3. The number of amides is 1. The molecule has 0 unspecified atom stereocenters. The highest BCUT2D eigenvalue weighted by atomic mass is 16.5. The van der Waals surface area contributed by atoms with Gasteiger partial charge in [-0.15, -0.1) is 0 Å². The molecule has 4 rings (SSSR count). The topological polar surface area (TPSA) is 103 Å². The lowest BCUT2D eigenvalue weighted by molar-refractivity contribution is -0.617. The lowest BCUT2D eigenvalue weighted by Crippen LogP contribution is -2.41. The highest BCUT2D eigenvalue weighted by Crippen LogP contribution is 2.36. The third kappa shape index (κ3) is 4.27. The Morgan fingerprint density at radius 3 is 2.72 bits per heavy atom. The molecule has 2 aromatic heterocycles. The Bertz CT molecular complexity index is 1140. The lowest BCUT2D eigenvalue weighted by atomic mass is 9.84. The Kier molecular flexibility index (Phi) is 5.81. The van der Waals surface area contributed by atoms with E-state index in [-0.39, 0.29) is 17.7 Å². The standard InChI is InChI=1S/C24H30N4O4/c1-15(2)20-6-5-7-21(28(20)31)23(29)25-19-12-16-14-27(26-18(16)13-22(19)32-4)17-8-10-24(3,30)11-9-17/h5-7,12-15,17,30H,8-11H2,1-4H3,(H,25,29). The maximum atomic E-state index is 12.9. The molecule has 2 N–H and O–H groups in total. The van der Waals surface area contributed by atoms with E-state index in [2.05, 4.69) is 5.32 Å². The van der Waals surface area contributed by atoms with Gasteiger partial charge >= 0.3 is 5.91 Å². The smallest absolute Gasteiger partial charge is 0.321 e. The Hall–Kier alpha value is -3.13. The Morgan fingerprint density at radius 2 is 2.06 bits per heavy atom. The van der Waals surface area contributed by atoms with Gasteiger partial charge in [0.1, 0.15) is 5.75 Å². The second-order valence-electron chi connectivity index (χ2n) is 9.19. The van der Waals surface area contributed by atoms with E-state index < -0.39 is 11.5 Å². The molecule has 1 fully saturated rings. The number of anilines is 1. The van der Waals surface area contributed by atoms with Crippen molar-refractivity contribution in [1.29, 1.82) is 0 Å². The fourth-order valence-corrected chi connectivity index (χ4v) is 4.31. The average Bonchev–Trinajstić information content (AvgIpc) is 3.15. The van der Waals surface area contributed by atoms with Gasteiger partial charge in [0, 0.05) is 35.7 Å². The predicted molar refractivity (Wildman–Crippen MR) is 122 cm³/mol. The van der Waals surface area contributed by atoms with Crippen molar-refractivity contribution < 1.29 is 19.4 Å². The SMILES string of the molecule is COc1cc2nn(C3CCC(C)(O)CC3)cc2cc1NC(=O)c1cccc(C(C)C)[n+]1[O-]. The first kappa shape index (κ1) is 22.1. The fourth-order valence-electron chi connectivity index (χ4n) is 4.31. The van der Waals surface area contributed by atoms with E-state index >= 15 is 0 Å². The number of nitrogens with one attached hydrogen (secondary N) is 1. The quantitative estimate of drug-likeness (QED) is 0.464. The van der Waals surface area contributed by atoms with Crippen LogP contribution in [0.15, 0.2) is 36.5 Å². The minimum Gasteiger partial charge on any atom is -0.618 e. The molecule has 0 spiro atoms. The molecule has 1 aliphatic rings. The molecule has 0 radical (unpaired) electrons. The molecule has 8 nitrogen and oxygen atoms in total. The van der Waals surface area contributed by atoms with Gasteiger partial charge in [0.05, 0.1) is 30.0 Å². The van der Waals surface area contributed by atoms with Crippen LogP contribution < -0.4 is 14.8 Å². The van der Waals surface area contributed by atoms with Gasteiger partial charge in [-0.3, -0.25) is 9.48 Å². The summed E-state index contributed by atoms with van der Waals surface area (Å²) in [5, 5.41) is 31.2. The van der Waals surface area contributed by atoms with Crippen molar-refractivity contribution in [2.24, 2.45) is 0 Å². The molecule has 1 saturated carbocycles. The van der Waals surface area contributed by atoms with Crippen molar-refractivity contribution in [3.05, 3.63) is 53.1 Å². The third-order valence-electron chi connectivity index (χ3n) is 6.30. The molecule has 170 valence electrons. The summed E-state index contributed by atoms with van der Waals surface area (Å²) in [5.74, 6) is -0.0253. The van der Waals surface area contributed by atoms with Crippen LogP contribution in [0.3, 0.4) is 0 Å². The molecule has 0 aliphatic heterocycles. The summed E-state index contributed by atoms with van der Waals surface area (Å²) in [5.41, 5.74) is 1.20. The zero-order chi connectivity index (χ0) is 23.0. The fraction of sp³-hybridized carbons (Fsp3) is 0.458. The maximum absolute atomic E-state index is 12.9. The van der Waals surface area contributed by atoms with E-state index in [0.29, 0.717) is 21.9 Å². The van der Waals surface area contributed by atoms with Crippen molar-refractivity contribution in [2.75, 3.05) is 12.4 Å². The van der Waals surface area contributed by atoms with E-state index in [1.165, 1.54) is 13.2 Å². The predicted octanol–water partition coefficient (Wildman–Crippen LogP) is 3.92. The van der Waals surface area contributed by atoms with Crippen LogP contribution in [0.4, 0.5) is 5.69 Å². The number of aromatic nitrogens is 3. The molecule has 0 saturated heterocycles. The maximum Gasteiger partial charge on any atom is 0.321 e. The van der Waals surface area contributed by atoms with Crippen LogP contribution >= 0.6 is 0 Å². The minimum atomic E-state index is -0.602. The number of aliphatic hydroxyl groups is 1. The van der Waals surface area contributed by atoms with Crippen molar-refractivity contribution >= 4 is 22.5 Å². The Labute approximate surface area is 187 Å². The summed E-state index contributed by atoms with van der Waals surface area (Å²) in [6, 6.07) is 8.77. The van der Waals surface area contributed by atoms with Gasteiger partial charge in [-0.2, -0.15) is 9.83 Å². The van der Waals surface area contributed by atoms with Gasteiger partial charge < -0.3 is 20.4 Å². The largest absolute Gasteiger partial charge is 0.618 e. The number of benzene rings is 1. The normalized spacial score (nSPS) is 21.1. The van der Waals surface area contributed by atoms with E-state index in [1.54, 1.807) is 18.2 Å². The van der Waals surface area contributed by atoms with Gasteiger partial charge in [0.25, 0.3) is 5.69 Å². The van der Waals surface area contributed by atoms with Crippen LogP contribution in [0, 0.1) is 5.21 Å². The summed E-state index contributed by atoms with van der Waals surface area (Å²) in [6.07, 6.45) is 5.16. The van der Waals surface area contributed by atoms with Crippen LogP contribution in [0.2, 0.25) is 0 Å². The van der Waals surface area contributed by atoms with Crippen LogP contribution in [-0.2, 0) is 0 Å². The molecular weight excluding hydrogens is 408 g/mol. The number of carbonyl (C=O) groups is 1. The molecule has 0 atom stereocenters. The van der Waals surface area contributed by atoms with Crippen molar-refractivity contribution in [3.8, 4) is 5.75 Å². The minimum absolute atomic E-state index is 0.000428. The molecule has 3 aromatic rings. The van der Waals surface area contributed by atoms with Gasteiger partial charge in [0.2, 0.25) is 0 Å². The van der Waals surface area contributed by atoms with Gasteiger partial charge in [-0.1, -0.05) is 13.8 Å². The molecule has 1 amide bonds. The highest BCUT2D eigenvalue weighted by molar-refractivity contribution is 6.04. The zero-order valence-corrected chi connectivity index (χ0v) is 19.0. The first-order valence-corrected chi connectivity index (χ1v) is 11.0. The van der Waals surface area contributed by atoms with Crippen molar-refractivity contribution in [1.82, 2.24) is 9.78 Å². The van der Waals surface area contributed by atoms with Crippen LogP contribution in [0.5, 0.6) is 5.75 Å². The lowest BCUT2D eigenvalue weighted by Gasteiger charge is -2.33. The summed E-state index contributed by atoms with van der Waals surface area (Å²) in [6.45, 7) is 5.70. The Balaban J connectivity index is 1.62. The highest BCUT2D eigenvalue weighted by Gasteiger charge is 2.30. The first-order valence-electron chi connectivity index (χ1n) is 11.0. The summed E-state index contributed by atoms with van der Waals surface area (Å²) < 4.78 is 8.11. The van der Waals surface area contributed by atoms with Crippen LogP contribution in [0.1, 0.15) is 74.6 Å². The summed E-state index contributed by atoms with van der Waals surface area (Å²) in [4.78, 5) is 12.9.